The van der Waals surface area contributed by atoms with Crippen LogP contribution in [0.3, 0.4) is 0 Å². The van der Waals surface area contributed by atoms with Crippen molar-refractivity contribution in [2.24, 2.45) is 0 Å². The van der Waals surface area contributed by atoms with Gasteiger partial charge in [0, 0.05) is 12.6 Å². The molecule has 0 spiro atoms. The van der Waals surface area contributed by atoms with Gasteiger partial charge in [-0.15, -0.1) is 0 Å². The fraction of sp³-hybridized carbons (Fsp3) is 0.846. The van der Waals surface area contributed by atoms with Crippen molar-refractivity contribution in [1.29, 1.82) is 0 Å². The Morgan fingerprint density at radius 2 is 2.14 bits per heavy atom. The molecule has 0 bridgehead atoms. The fourth-order valence-electron chi connectivity index (χ4n) is 2.80. The van der Waals surface area contributed by atoms with E-state index in [-0.39, 0.29) is 35.9 Å². The third-order valence-electron chi connectivity index (χ3n) is 4.10. The topological polar surface area (TPSA) is 95.6 Å². The molecular formula is C13H23N3O4S. The van der Waals surface area contributed by atoms with Gasteiger partial charge in [-0.25, -0.2) is 8.42 Å². The molecule has 0 saturated carbocycles. The van der Waals surface area contributed by atoms with E-state index in [1.54, 1.807) is 11.9 Å². The second kappa shape index (κ2) is 6.74. The van der Waals surface area contributed by atoms with Crippen LogP contribution in [0.25, 0.3) is 0 Å². The summed E-state index contributed by atoms with van der Waals surface area (Å²) >= 11 is 0. The van der Waals surface area contributed by atoms with Crippen LogP contribution in [-0.2, 0) is 19.4 Å². The highest BCUT2D eigenvalue weighted by atomic mass is 32.2. The Morgan fingerprint density at radius 3 is 2.81 bits per heavy atom. The first-order valence-corrected chi connectivity index (χ1v) is 9.17. The zero-order valence-electron chi connectivity index (χ0n) is 12.3. The first kappa shape index (κ1) is 16.2. The average molecular weight is 317 g/mol. The van der Waals surface area contributed by atoms with Crippen molar-refractivity contribution in [2.75, 3.05) is 31.6 Å². The largest absolute Gasteiger partial charge is 0.354 e. The van der Waals surface area contributed by atoms with Crippen molar-refractivity contribution in [3.05, 3.63) is 0 Å². The zero-order valence-corrected chi connectivity index (χ0v) is 13.1. The van der Waals surface area contributed by atoms with E-state index in [1.807, 2.05) is 0 Å². The maximum atomic E-state index is 12.0. The summed E-state index contributed by atoms with van der Waals surface area (Å²) in [4.78, 5) is 25.5. The van der Waals surface area contributed by atoms with Crippen molar-refractivity contribution in [1.82, 2.24) is 15.5 Å². The summed E-state index contributed by atoms with van der Waals surface area (Å²) in [6.45, 7) is 0.773. The molecule has 2 N–H and O–H groups in total. The van der Waals surface area contributed by atoms with Gasteiger partial charge in [0.15, 0.2) is 9.84 Å². The van der Waals surface area contributed by atoms with E-state index in [0.717, 1.165) is 12.8 Å². The van der Waals surface area contributed by atoms with Crippen LogP contribution in [-0.4, -0.2) is 68.9 Å². The van der Waals surface area contributed by atoms with Crippen molar-refractivity contribution in [3.63, 3.8) is 0 Å². The number of amides is 2. The monoisotopic (exact) mass is 317 g/mol. The van der Waals surface area contributed by atoms with Crippen molar-refractivity contribution in [3.8, 4) is 0 Å². The molecule has 2 aliphatic rings. The second-order valence-electron chi connectivity index (χ2n) is 5.88. The SMILES string of the molecule is CN(CC(=O)N[C@H]1CCCCNC1=O)[C@H]1CCS(=O)(=O)C1. The fourth-order valence-corrected chi connectivity index (χ4v) is 4.60. The van der Waals surface area contributed by atoms with E-state index in [4.69, 9.17) is 0 Å². The van der Waals surface area contributed by atoms with Crippen LogP contribution < -0.4 is 10.6 Å². The highest BCUT2D eigenvalue weighted by molar-refractivity contribution is 7.91. The van der Waals surface area contributed by atoms with Gasteiger partial charge in [-0.2, -0.15) is 0 Å². The van der Waals surface area contributed by atoms with Crippen LogP contribution in [0.2, 0.25) is 0 Å². The number of sulfone groups is 1. The lowest BCUT2D eigenvalue weighted by Gasteiger charge is -2.23. The highest BCUT2D eigenvalue weighted by Gasteiger charge is 2.31. The molecule has 2 atom stereocenters. The lowest BCUT2D eigenvalue weighted by molar-refractivity contribution is -0.129. The Labute approximate surface area is 125 Å². The molecule has 21 heavy (non-hydrogen) atoms. The number of nitrogens with zero attached hydrogens (tertiary/aromatic N) is 1. The third-order valence-corrected chi connectivity index (χ3v) is 5.85. The standard InChI is InChI=1S/C13H23N3O4S/c1-16(10-5-7-21(19,20)9-10)8-12(17)15-11-4-2-3-6-14-13(11)18/h10-11H,2-9H2,1H3,(H,14,18)(H,15,17)/t10-,11-/m0/s1. The van der Waals surface area contributed by atoms with Crippen LogP contribution in [0.5, 0.6) is 0 Å². The summed E-state index contributed by atoms with van der Waals surface area (Å²) < 4.78 is 22.9. The first-order chi connectivity index (χ1) is 9.87. The normalized spacial score (nSPS) is 29.0. The van der Waals surface area contributed by atoms with Gasteiger partial charge >= 0.3 is 0 Å². The zero-order chi connectivity index (χ0) is 15.5. The van der Waals surface area contributed by atoms with Gasteiger partial charge in [-0.3, -0.25) is 14.5 Å². The Bertz CT molecular complexity index is 506. The van der Waals surface area contributed by atoms with Crippen molar-refractivity contribution >= 4 is 21.7 Å². The van der Waals surface area contributed by atoms with E-state index in [2.05, 4.69) is 10.6 Å². The molecule has 0 aromatic rings. The minimum atomic E-state index is -2.95. The molecular weight excluding hydrogens is 294 g/mol. The van der Waals surface area contributed by atoms with Gasteiger partial charge < -0.3 is 10.6 Å². The van der Waals surface area contributed by atoms with Crippen LogP contribution in [0.4, 0.5) is 0 Å². The smallest absolute Gasteiger partial charge is 0.242 e. The van der Waals surface area contributed by atoms with E-state index in [0.29, 0.717) is 19.4 Å². The molecule has 120 valence electrons. The van der Waals surface area contributed by atoms with Crippen molar-refractivity contribution < 1.29 is 18.0 Å². The lowest BCUT2D eigenvalue weighted by Crippen LogP contribution is -2.49. The van der Waals surface area contributed by atoms with Gasteiger partial charge in [-0.05, 0) is 32.7 Å². The van der Waals surface area contributed by atoms with Gasteiger partial charge in [0.05, 0.1) is 18.1 Å². The van der Waals surface area contributed by atoms with Gasteiger partial charge in [-0.1, -0.05) is 0 Å². The Balaban J connectivity index is 1.82. The number of likely N-dealkylation sites (N-methyl/N-ethyl adjacent to an activating group) is 1. The van der Waals surface area contributed by atoms with Gasteiger partial charge in [0.2, 0.25) is 11.8 Å². The molecule has 2 amide bonds. The van der Waals surface area contributed by atoms with Gasteiger partial charge in [0.25, 0.3) is 0 Å². The van der Waals surface area contributed by atoms with E-state index >= 15 is 0 Å². The molecule has 2 saturated heterocycles. The predicted molar refractivity (Wildman–Crippen MR) is 78.5 cm³/mol. The molecule has 2 rings (SSSR count). The lowest BCUT2D eigenvalue weighted by atomic mass is 10.1. The Kier molecular flexibility index (Phi) is 5.21. The molecule has 8 heteroatoms. The molecule has 0 aromatic heterocycles. The molecule has 2 heterocycles. The number of rotatable bonds is 4. The minimum absolute atomic E-state index is 0.108. The van der Waals surface area contributed by atoms with Crippen molar-refractivity contribution in [2.45, 2.75) is 37.8 Å². The number of carbonyl (C=O) groups excluding carboxylic acids is 2. The van der Waals surface area contributed by atoms with Gasteiger partial charge in [0.1, 0.15) is 6.04 Å². The molecule has 0 aliphatic carbocycles. The van der Waals surface area contributed by atoms with Crippen LogP contribution in [0.1, 0.15) is 25.7 Å². The summed E-state index contributed by atoms with van der Waals surface area (Å²) in [6, 6.07) is -0.579. The minimum Gasteiger partial charge on any atom is -0.354 e. The Hall–Kier alpha value is -1.15. The van der Waals surface area contributed by atoms with Crippen LogP contribution in [0, 0.1) is 0 Å². The van der Waals surface area contributed by atoms with E-state index in [9.17, 15) is 18.0 Å². The quantitative estimate of drug-likeness (QED) is 0.685. The van der Waals surface area contributed by atoms with Crippen LogP contribution in [0.15, 0.2) is 0 Å². The summed E-state index contributed by atoms with van der Waals surface area (Å²) in [5.41, 5.74) is 0. The van der Waals surface area contributed by atoms with Crippen LogP contribution >= 0.6 is 0 Å². The number of hydrogen-bond donors (Lipinski definition) is 2. The van der Waals surface area contributed by atoms with E-state index < -0.39 is 15.9 Å². The second-order valence-corrected chi connectivity index (χ2v) is 8.11. The highest BCUT2D eigenvalue weighted by Crippen LogP contribution is 2.16. The predicted octanol–water partition coefficient (Wildman–Crippen LogP) is -1.11. The molecule has 7 nitrogen and oxygen atoms in total. The maximum absolute atomic E-state index is 12.0. The number of carbonyl (C=O) groups is 2. The summed E-state index contributed by atoms with van der Waals surface area (Å²) in [5.74, 6) is -0.0641. The Morgan fingerprint density at radius 1 is 1.38 bits per heavy atom. The summed E-state index contributed by atoms with van der Waals surface area (Å²) in [7, 11) is -1.21. The number of nitrogens with one attached hydrogen (secondary N) is 2. The summed E-state index contributed by atoms with van der Waals surface area (Å²) in [6.07, 6.45) is 3.05. The maximum Gasteiger partial charge on any atom is 0.242 e. The van der Waals surface area contributed by atoms with E-state index in [1.165, 1.54) is 0 Å². The molecule has 2 aliphatic heterocycles. The third kappa shape index (κ3) is 4.67. The number of hydrogen-bond acceptors (Lipinski definition) is 5. The molecule has 0 radical (unpaired) electrons. The average Bonchev–Trinajstić information content (AvgIpc) is 2.65. The summed E-state index contributed by atoms with van der Waals surface area (Å²) in [5, 5.41) is 5.51. The molecule has 0 unspecified atom stereocenters. The first-order valence-electron chi connectivity index (χ1n) is 7.35. The molecule has 0 aromatic carbocycles. The molecule has 2 fully saturated rings.